The number of carbonyl (C=O) groups excluding carboxylic acids is 1. The van der Waals surface area contributed by atoms with Crippen LogP contribution < -0.4 is 14.4 Å². The molecule has 0 atom stereocenters. The molecule has 0 radical (unpaired) electrons. The molecule has 0 saturated heterocycles. The van der Waals surface area contributed by atoms with Crippen molar-refractivity contribution < 1.29 is 14.3 Å². The molecule has 1 fully saturated rings. The molecule has 27 heavy (non-hydrogen) atoms. The van der Waals surface area contributed by atoms with Gasteiger partial charge in [-0.15, -0.1) is 0 Å². The Morgan fingerprint density at radius 1 is 1.15 bits per heavy atom. The lowest BCUT2D eigenvalue weighted by molar-refractivity contribution is -0.123. The number of hydrogen-bond donors (Lipinski definition) is 0. The normalized spacial score (nSPS) is 17.0. The molecule has 146 valence electrons. The third-order valence-electron chi connectivity index (χ3n) is 5.31. The van der Waals surface area contributed by atoms with E-state index in [0.29, 0.717) is 6.54 Å². The predicted molar refractivity (Wildman–Crippen MR) is 108 cm³/mol. The molecular weight excluding hydrogens is 362 g/mol. The third kappa shape index (κ3) is 4.04. The summed E-state index contributed by atoms with van der Waals surface area (Å²) in [6.07, 6.45) is 6.50. The highest BCUT2D eigenvalue weighted by Crippen LogP contribution is 2.40. The maximum Gasteiger partial charge on any atom is 0.231 e. The molecule has 6 nitrogen and oxygen atoms in total. The van der Waals surface area contributed by atoms with E-state index in [9.17, 15) is 4.79 Å². The van der Waals surface area contributed by atoms with Crippen molar-refractivity contribution in [3.8, 4) is 11.5 Å². The molecule has 1 aromatic carbocycles. The van der Waals surface area contributed by atoms with E-state index in [1.807, 2.05) is 17.0 Å². The van der Waals surface area contributed by atoms with E-state index in [2.05, 4.69) is 19.0 Å². The Hall–Kier alpha value is -1.86. The van der Waals surface area contributed by atoms with Crippen molar-refractivity contribution in [2.75, 3.05) is 38.9 Å². The Labute approximate surface area is 164 Å². The van der Waals surface area contributed by atoms with Crippen LogP contribution in [0.15, 0.2) is 12.1 Å². The summed E-state index contributed by atoms with van der Waals surface area (Å²) in [4.78, 5) is 22.1. The van der Waals surface area contributed by atoms with Gasteiger partial charge in [0.2, 0.25) is 12.7 Å². The molecule has 0 N–H and O–H groups in total. The quantitative estimate of drug-likeness (QED) is 0.750. The summed E-state index contributed by atoms with van der Waals surface area (Å²) >= 11 is 1.57. The van der Waals surface area contributed by atoms with Gasteiger partial charge in [0.1, 0.15) is 0 Å². The molecule has 4 rings (SSSR count). The molecule has 0 spiro atoms. The second kappa shape index (κ2) is 8.02. The fourth-order valence-corrected chi connectivity index (χ4v) is 4.84. The van der Waals surface area contributed by atoms with E-state index in [4.69, 9.17) is 14.5 Å². The first kappa shape index (κ1) is 18.5. The average molecular weight is 390 g/mol. The van der Waals surface area contributed by atoms with Crippen molar-refractivity contribution in [1.29, 1.82) is 0 Å². The summed E-state index contributed by atoms with van der Waals surface area (Å²) in [7, 11) is 4.12. The van der Waals surface area contributed by atoms with Crippen LogP contribution >= 0.6 is 11.3 Å². The van der Waals surface area contributed by atoms with Gasteiger partial charge >= 0.3 is 0 Å². The van der Waals surface area contributed by atoms with Gasteiger partial charge in [-0.05, 0) is 39.9 Å². The minimum absolute atomic E-state index is 0.141. The third-order valence-corrected chi connectivity index (χ3v) is 6.35. The first-order chi connectivity index (χ1) is 13.1. The molecule has 1 amide bonds. The second-order valence-electron chi connectivity index (χ2n) is 7.65. The van der Waals surface area contributed by atoms with Crippen molar-refractivity contribution in [2.45, 2.75) is 38.5 Å². The first-order valence-corrected chi connectivity index (χ1v) is 10.6. The van der Waals surface area contributed by atoms with Gasteiger partial charge in [0.15, 0.2) is 16.6 Å². The lowest BCUT2D eigenvalue weighted by Crippen LogP contribution is -2.38. The molecule has 0 unspecified atom stereocenters. The summed E-state index contributed by atoms with van der Waals surface area (Å²) in [6, 6.07) is 3.89. The highest BCUT2D eigenvalue weighted by atomic mass is 32.1. The van der Waals surface area contributed by atoms with Crippen molar-refractivity contribution in [3.63, 3.8) is 0 Å². The zero-order valence-corrected chi connectivity index (χ0v) is 16.9. The van der Waals surface area contributed by atoms with Crippen LogP contribution in [0.4, 0.5) is 5.13 Å². The van der Waals surface area contributed by atoms with E-state index >= 15 is 0 Å². The van der Waals surface area contributed by atoms with Gasteiger partial charge in [0.25, 0.3) is 0 Å². The van der Waals surface area contributed by atoms with E-state index in [0.717, 1.165) is 65.5 Å². The number of ether oxygens (including phenoxy) is 2. The largest absolute Gasteiger partial charge is 0.454 e. The summed E-state index contributed by atoms with van der Waals surface area (Å²) < 4.78 is 12.0. The Morgan fingerprint density at radius 2 is 1.89 bits per heavy atom. The first-order valence-electron chi connectivity index (χ1n) is 9.78. The lowest BCUT2D eigenvalue weighted by Gasteiger charge is -2.28. The van der Waals surface area contributed by atoms with Crippen molar-refractivity contribution in [3.05, 3.63) is 12.1 Å². The monoisotopic (exact) mass is 389 g/mol. The van der Waals surface area contributed by atoms with Crippen molar-refractivity contribution in [2.24, 2.45) is 5.92 Å². The highest BCUT2D eigenvalue weighted by molar-refractivity contribution is 7.22. The second-order valence-corrected chi connectivity index (χ2v) is 8.66. The van der Waals surface area contributed by atoms with Crippen LogP contribution in [0.25, 0.3) is 10.2 Å². The summed E-state index contributed by atoms with van der Waals surface area (Å²) in [5.74, 6) is 1.88. The molecule has 2 aromatic rings. The number of rotatable bonds is 6. The summed E-state index contributed by atoms with van der Waals surface area (Å²) in [5.41, 5.74) is 0.869. The fraction of sp³-hybridized carbons (Fsp3) is 0.600. The minimum Gasteiger partial charge on any atom is -0.454 e. The van der Waals surface area contributed by atoms with Gasteiger partial charge in [-0.3, -0.25) is 9.69 Å². The Bertz CT molecular complexity index is 773. The molecule has 1 saturated carbocycles. The molecule has 2 aliphatic rings. The smallest absolute Gasteiger partial charge is 0.231 e. The van der Waals surface area contributed by atoms with Gasteiger partial charge in [-0.1, -0.05) is 30.6 Å². The molecule has 2 heterocycles. The van der Waals surface area contributed by atoms with E-state index < -0.39 is 0 Å². The number of fused-ring (bicyclic) bond motifs is 2. The fourth-order valence-electron chi connectivity index (χ4n) is 3.84. The Morgan fingerprint density at radius 3 is 2.63 bits per heavy atom. The van der Waals surface area contributed by atoms with Crippen molar-refractivity contribution in [1.82, 2.24) is 9.88 Å². The molecule has 0 bridgehead atoms. The average Bonchev–Trinajstić information content (AvgIpc) is 3.28. The van der Waals surface area contributed by atoms with Crippen LogP contribution in [0, 0.1) is 5.92 Å². The zero-order valence-electron chi connectivity index (χ0n) is 16.1. The number of amides is 1. The minimum atomic E-state index is 0.141. The Kier molecular flexibility index (Phi) is 5.50. The van der Waals surface area contributed by atoms with Crippen LogP contribution in [0.1, 0.15) is 38.5 Å². The summed E-state index contributed by atoms with van der Waals surface area (Å²) in [6.45, 7) is 1.92. The number of hydrogen-bond acceptors (Lipinski definition) is 6. The van der Waals surface area contributed by atoms with Gasteiger partial charge in [0, 0.05) is 24.6 Å². The number of carbonyl (C=O) groups is 1. The van der Waals surface area contributed by atoms with E-state index in [-0.39, 0.29) is 18.6 Å². The van der Waals surface area contributed by atoms with Crippen LogP contribution in [-0.2, 0) is 4.79 Å². The predicted octanol–water partition coefficient (Wildman–Crippen LogP) is 3.89. The SMILES string of the molecule is CN(C)CCCN(C(=O)C1CCCCC1)c1nc2cc3c(cc2s1)OCO3. The maximum absolute atomic E-state index is 13.3. The topological polar surface area (TPSA) is 54.9 Å². The van der Waals surface area contributed by atoms with Crippen LogP contribution in [-0.4, -0.2) is 49.8 Å². The number of anilines is 1. The van der Waals surface area contributed by atoms with E-state index in [1.165, 1.54) is 6.42 Å². The van der Waals surface area contributed by atoms with Crippen molar-refractivity contribution >= 4 is 32.6 Å². The standard InChI is InChI=1S/C20H27N3O3S/c1-22(2)9-6-10-23(19(24)14-7-4-3-5-8-14)20-21-15-11-16-17(26-13-25-16)12-18(15)27-20/h11-12,14H,3-10,13H2,1-2H3. The van der Waals surface area contributed by atoms with E-state index in [1.54, 1.807) is 11.3 Å². The van der Waals surface area contributed by atoms with Gasteiger partial charge < -0.3 is 14.4 Å². The molecule has 1 aromatic heterocycles. The molecule has 1 aliphatic carbocycles. The summed E-state index contributed by atoms with van der Waals surface area (Å²) in [5, 5.41) is 0.794. The molecular formula is C20H27N3O3S. The number of nitrogens with zero attached hydrogens (tertiary/aromatic N) is 3. The molecule has 1 aliphatic heterocycles. The van der Waals surface area contributed by atoms with Gasteiger partial charge in [-0.2, -0.15) is 0 Å². The molecule has 7 heteroatoms. The Balaban J connectivity index is 1.60. The van der Waals surface area contributed by atoms with Crippen LogP contribution in [0.3, 0.4) is 0 Å². The van der Waals surface area contributed by atoms with Crippen LogP contribution in [0.2, 0.25) is 0 Å². The van der Waals surface area contributed by atoms with Gasteiger partial charge in [-0.25, -0.2) is 4.98 Å². The number of thiazole rings is 1. The lowest BCUT2D eigenvalue weighted by atomic mass is 9.88. The van der Waals surface area contributed by atoms with Crippen LogP contribution in [0.5, 0.6) is 11.5 Å². The number of aromatic nitrogens is 1. The highest BCUT2D eigenvalue weighted by Gasteiger charge is 2.29. The zero-order chi connectivity index (χ0) is 18.8. The number of benzene rings is 1. The maximum atomic E-state index is 13.3. The van der Waals surface area contributed by atoms with Gasteiger partial charge in [0.05, 0.1) is 10.2 Å².